The van der Waals surface area contributed by atoms with E-state index in [4.69, 9.17) is 0 Å². The molecule has 1 saturated heterocycles. The number of carbonyl (C=O) groups is 1. The number of benzene rings is 1. The molecule has 4 nitrogen and oxygen atoms in total. The molecule has 2 amide bonds. The molecule has 1 aliphatic heterocycles. The zero-order chi connectivity index (χ0) is 12.4. The van der Waals surface area contributed by atoms with Crippen LogP contribution in [0.15, 0.2) is 24.3 Å². The van der Waals surface area contributed by atoms with E-state index in [2.05, 4.69) is 10.3 Å². The topological polar surface area (TPSA) is 45.2 Å². The maximum atomic E-state index is 12.0. The number of piperidine rings is 1. The van der Waals surface area contributed by atoms with E-state index in [0.29, 0.717) is 5.13 Å². The molecule has 1 aromatic carbocycles. The molecule has 2 heterocycles. The molecule has 0 bridgehead atoms. The molecule has 0 aliphatic carbocycles. The van der Waals surface area contributed by atoms with Crippen LogP contribution in [0.4, 0.5) is 9.93 Å². The van der Waals surface area contributed by atoms with Crippen LogP contribution in [0.5, 0.6) is 0 Å². The Bertz CT molecular complexity index is 527. The summed E-state index contributed by atoms with van der Waals surface area (Å²) in [4.78, 5) is 18.3. The minimum absolute atomic E-state index is 0.0197. The SMILES string of the molecule is O=C(Nc1nc2ccccc2s1)N1CCCCC1. The zero-order valence-electron chi connectivity index (χ0n) is 10.1. The normalized spacial score (nSPS) is 15.9. The summed E-state index contributed by atoms with van der Waals surface area (Å²) in [6.07, 6.45) is 3.44. The number of para-hydroxylation sites is 1. The Morgan fingerprint density at radius 3 is 2.78 bits per heavy atom. The molecule has 0 radical (unpaired) electrons. The average Bonchev–Trinajstić information content (AvgIpc) is 2.82. The van der Waals surface area contributed by atoms with Gasteiger partial charge in [0.25, 0.3) is 0 Å². The third-order valence-corrected chi connectivity index (χ3v) is 4.10. The van der Waals surface area contributed by atoms with Crippen LogP contribution in [0.1, 0.15) is 19.3 Å². The molecule has 1 fully saturated rings. The maximum absolute atomic E-state index is 12.0. The number of urea groups is 1. The summed E-state index contributed by atoms with van der Waals surface area (Å²) < 4.78 is 1.10. The van der Waals surface area contributed by atoms with Gasteiger partial charge in [0.15, 0.2) is 5.13 Å². The molecule has 2 aromatic rings. The Morgan fingerprint density at radius 1 is 1.22 bits per heavy atom. The predicted octanol–water partition coefficient (Wildman–Crippen LogP) is 3.31. The molecular formula is C13H15N3OS. The van der Waals surface area contributed by atoms with Gasteiger partial charge in [0.1, 0.15) is 0 Å². The van der Waals surface area contributed by atoms with Crippen LogP contribution < -0.4 is 5.32 Å². The average molecular weight is 261 g/mol. The summed E-state index contributed by atoms with van der Waals surface area (Å²) in [6, 6.07) is 7.90. The number of hydrogen-bond acceptors (Lipinski definition) is 3. The Kier molecular flexibility index (Phi) is 3.15. The van der Waals surface area contributed by atoms with Crippen LogP contribution >= 0.6 is 11.3 Å². The number of likely N-dealkylation sites (tertiary alicyclic amines) is 1. The first-order chi connectivity index (χ1) is 8.83. The van der Waals surface area contributed by atoms with Gasteiger partial charge in [-0.05, 0) is 31.4 Å². The van der Waals surface area contributed by atoms with E-state index in [0.717, 1.165) is 36.1 Å². The van der Waals surface area contributed by atoms with E-state index in [1.165, 1.54) is 17.8 Å². The van der Waals surface area contributed by atoms with Crippen molar-refractivity contribution in [3.63, 3.8) is 0 Å². The van der Waals surface area contributed by atoms with Crippen molar-refractivity contribution in [1.82, 2.24) is 9.88 Å². The summed E-state index contributed by atoms with van der Waals surface area (Å²) in [5.74, 6) is 0. The lowest BCUT2D eigenvalue weighted by Gasteiger charge is -2.26. The van der Waals surface area contributed by atoms with Crippen molar-refractivity contribution >= 4 is 32.7 Å². The van der Waals surface area contributed by atoms with Crippen molar-refractivity contribution in [2.45, 2.75) is 19.3 Å². The smallest absolute Gasteiger partial charge is 0.323 e. The van der Waals surface area contributed by atoms with Crippen molar-refractivity contribution in [3.8, 4) is 0 Å². The monoisotopic (exact) mass is 261 g/mol. The highest BCUT2D eigenvalue weighted by Gasteiger charge is 2.17. The van der Waals surface area contributed by atoms with Crippen molar-refractivity contribution in [2.24, 2.45) is 0 Å². The first kappa shape index (κ1) is 11.5. The number of hydrogen-bond donors (Lipinski definition) is 1. The van der Waals surface area contributed by atoms with E-state index in [1.54, 1.807) is 0 Å². The van der Waals surface area contributed by atoms with Crippen molar-refractivity contribution in [2.75, 3.05) is 18.4 Å². The first-order valence-electron chi connectivity index (χ1n) is 6.24. The number of aromatic nitrogens is 1. The van der Waals surface area contributed by atoms with Crippen molar-refractivity contribution in [3.05, 3.63) is 24.3 Å². The number of amides is 2. The number of carbonyl (C=O) groups excluding carboxylic acids is 1. The summed E-state index contributed by atoms with van der Waals surface area (Å²) in [7, 11) is 0. The van der Waals surface area contributed by atoms with Gasteiger partial charge in [-0.25, -0.2) is 9.78 Å². The third-order valence-electron chi connectivity index (χ3n) is 3.15. The minimum atomic E-state index is -0.0197. The van der Waals surface area contributed by atoms with E-state index in [1.807, 2.05) is 29.2 Å². The highest BCUT2D eigenvalue weighted by atomic mass is 32.1. The van der Waals surface area contributed by atoms with Gasteiger partial charge in [-0.3, -0.25) is 5.32 Å². The van der Waals surface area contributed by atoms with Gasteiger partial charge < -0.3 is 4.90 Å². The first-order valence-corrected chi connectivity index (χ1v) is 7.06. The maximum Gasteiger partial charge on any atom is 0.323 e. The van der Waals surface area contributed by atoms with Gasteiger partial charge in [-0.1, -0.05) is 23.5 Å². The Balaban J connectivity index is 1.73. The number of fused-ring (bicyclic) bond motifs is 1. The highest BCUT2D eigenvalue weighted by molar-refractivity contribution is 7.22. The second kappa shape index (κ2) is 4.94. The molecule has 0 saturated carbocycles. The molecule has 1 N–H and O–H groups in total. The second-order valence-corrected chi connectivity index (χ2v) is 5.50. The number of rotatable bonds is 1. The van der Waals surface area contributed by atoms with Crippen LogP contribution in [-0.4, -0.2) is 29.0 Å². The van der Waals surface area contributed by atoms with Gasteiger partial charge in [0.2, 0.25) is 0 Å². The molecule has 1 aliphatic rings. The molecule has 0 atom stereocenters. The fourth-order valence-electron chi connectivity index (χ4n) is 2.19. The number of nitrogens with one attached hydrogen (secondary N) is 1. The lowest BCUT2D eigenvalue weighted by atomic mass is 10.1. The zero-order valence-corrected chi connectivity index (χ0v) is 10.9. The molecule has 18 heavy (non-hydrogen) atoms. The fourth-order valence-corrected chi connectivity index (χ4v) is 3.05. The molecule has 5 heteroatoms. The number of anilines is 1. The van der Waals surface area contributed by atoms with Gasteiger partial charge in [-0.2, -0.15) is 0 Å². The van der Waals surface area contributed by atoms with E-state index in [-0.39, 0.29) is 6.03 Å². The minimum Gasteiger partial charge on any atom is -0.324 e. The van der Waals surface area contributed by atoms with Crippen LogP contribution in [0.2, 0.25) is 0 Å². The van der Waals surface area contributed by atoms with Gasteiger partial charge in [0, 0.05) is 13.1 Å². The molecule has 94 valence electrons. The molecule has 0 unspecified atom stereocenters. The summed E-state index contributed by atoms with van der Waals surface area (Å²) >= 11 is 1.52. The molecule has 3 rings (SSSR count). The van der Waals surface area contributed by atoms with Gasteiger partial charge >= 0.3 is 6.03 Å². The third kappa shape index (κ3) is 2.31. The van der Waals surface area contributed by atoms with Crippen LogP contribution in [0.3, 0.4) is 0 Å². The number of nitrogens with zero attached hydrogens (tertiary/aromatic N) is 2. The fraction of sp³-hybridized carbons (Fsp3) is 0.385. The quantitative estimate of drug-likeness (QED) is 0.856. The molecular weight excluding hydrogens is 246 g/mol. The van der Waals surface area contributed by atoms with E-state index in [9.17, 15) is 4.79 Å². The van der Waals surface area contributed by atoms with Crippen molar-refractivity contribution < 1.29 is 4.79 Å². The predicted molar refractivity (Wildman–Crippen MR) is 74.1 cm³/mol. The lowest BCUT2D eigenvalue weighted by Crippen LogP contribution is -2.38. The largest absolute Gasteiger partial charge is 0.324 e. The molecule has 1 aromatic heterocycles. The summed E-state index contributed by atoms with van der Waals surface area (Å²) in [6.45, 7) is 1.72. The van der Waals surface area contributed by atoms with Crippen LogP contribution in [0.25, 0.3) is 10.2 Å². The van der Waals surface area contributed by atoms with Crippen LogP contribution in [0, 0.1) is 0 Å². The Labute approximate surface area is 110 Å². The molecule has 0 spiro atoms. The lowest BCUT2D eigenvalue weighted by molar-refractivity contribution is 0.200. The summed E-state index contributed by atoms with van der Waals surface area (Å²) in [5, 5.41) is 3.58. The summed E-state index contributed by atoms with van der Waals surface area (Å²) in [5.41, 5.74) is 0.941. The van der Waals surface area contributed by atoms with E-state index >= 15 is 0 Å². The number of thiazole rings is 1. The standard InChI is InChI=1S/C13H15N3OS/c17-13(16-8-4-1-5-9-16)15-12-14-10-6-2-3-7-11(10)18-12/h2-3,6-7H,1,4-5,8-9H2,(H,14,15,17). The Hall–Kier alpha value is -1.62. The van der Waals surface area contributed by atoms with E-state index < -0.39 is 0 Å². The van der Waals surface area contributed by atoms with Gasteiger partial charge in [-0.15, -0.1) is 0 Å². The van der Waals surface area contributed by atoms with Crippen LogP contribution in [-0.2, 0) is 0 Å². The van der Waals surface area contributed by atoms with Gasteiger partial charge in [0.05, 0.1) is 10.2 Å². The Morgan fingerprint density at radius 2 is 2.00 bits per heavy atom. The van der Waals surface area contributed by atoms with Crippen molar-refractivity contribution in [1.29, 1.82) is 0 Å². The second-order valence-electron chi connectivity index (χ2n) is 4.46. The highest BCUT2D eigenvalue weighted by Crippen LogP contribution is 2.25.